The van der Waals surface area contributed by atoms with Crippen LogP contribution in [-0.2, 0) is 6.42 Å². The maximum Gasteiger partial charge on any atom is 0.138 e. The van der Waals surface area contributed by atoms with Crippen molar-refractivity contribution in [3.8, 4) is 0 Å². The summed E-state index contributed by atoms with van der Waals surface area (Å²) >= 11 is 9.59. The number of hydrogen-bond donors (Lipinski definition) is 1. The number of nitrogens with one attached hydrogen (secondary N) is 1. The molecule has 0 saturated carbocycles. The monoisotopic (exact) mass is 325 g/mol. The maximum atomic E-state index is 6.10. The Kier molecular flexibility index (Phi) is 4.19. The molecule has 0 aliphatic carbocycles. The van der Waals surface area contributed by atoms with Crippen molar-refractivity contribution in [2.24, 2.45) is 0 Å². The third-order valence-corrected chi connectivity index (χ3v) is 3.64. The van der Waals surface area contributed by atoms with Gasteiger partial charge in [0.05, 0.1) is 5.69 Å². The van der Waals surface area contributed by atoms with Crippen LogP contribution in [0.15, 0.2) is 28.7 Å². The van der Waals surface area contributed by atoms with Gasteiger partial charge in [0, 0.05) is 16.5 Å². The number of anilines is 2. The lowest BCUT2D eigenvalue weighted by molar-refractivity contribution is 0.934. The van der Waals surface area contributed by atoms with Crippen molar-refractivity contribution in [2.45, 2.75) is 20.3 Å². The molecule has 2 aromatic rings. The van der Waals surface area contributed by atoms with Gasteiger partial charge in [-0.15, -0.1) is 0 Å². The predicted molar refractivity (Wildman–Crippen MR) is 78.6 cm³/mol. The second kappa shape index (κ2) is 5.67. The van der Waals surface area contributed by atoms with Gasteiger partial charge in [-0.1, -0.05) is 30.7 Å². The molecule has 0 atom stereocenters. The summed E-state index contributed by atoms with van der Waals surface area (Å²) in [5, 5.41) is 3.77. The minimum Gasteiger partial charge on any atom is -0.339 e. The Morgan fingerprint density at radius 3 is 2.67 bits per heavy atom. The number of aromatic nitrogens is 2. The van der Waals surface area contributed by atoms with E-state index in [0.29, 0.717) is 5.15 Å². The van der Waals surface area contributed by atoms with E-state index in [1.165, 1.54) is 0 Å². The molecular formula is C13H13BrClN3. The first-order valence-corrected chi connectivity index (χ1v) is 6.83. The number of nitrogens with zero attached hydrogens (tertiary/aromatic N) is 2. The summed E-state index contributed by atoms with van der Waals surface area (Å²) in [6.45, 7) is 3.91. The fraction of sp³-hybridized carbons (Fsp3) is 0.231. The summed E-state index contributed by atoms with van der Waals surface area (Å²) in [6.07, 6.45) is 0.755. The Morgan fingerprint density at radius 1 is 1.28 bits per heavy atom. The molecule has 5 heteroatoms. The van der Waals surface area contributed by atoms with Crippen molar-refractivity contribution in [2.75, 3.05) is 5.32 Å². The van der Waals surface area contributed by atoms with E-state index in [1.807, 2.05) is 38.1 Å². The summed E-state index contributed by atoms with van der Waals surface area (Å²) in [7, 11) is 0. The highest BCUT2D eigenvalue weighted by Gasteiger charge is 2.09. The van der Waals surface area contributed by atoms with E-state index >= 15 is 0 Å². The number of para-hydroxylation sites is 1. The van der Waals surface area contributed by atoms with Gasteiger partial charge in [-0.25, -0.2) is 9.97 Å². The van der Waals surface area contributed by atoms with Gasteiger partial charge < -0.3 is 5.32 Å². The average molecular weight is 327 g/mol. The van der Waals surface area contributed by atoms with Crippen LogP contribution in [0.2, 0.25) is 5.15 Å². The molecule has 0 radical (unpaired) electrons. The van der Waals surface area contributed by atoms with Crippen molar-refractivity contribution in [1.82, 2.24) is 9.97 Å². The Balaban J connectivity index is 2.40. The van der Waals surface area contributed by atoms with Crippen LogP contribution in [0.5, 0.6) is 0 Å². The molecule has 0 aliphatic rings. The maximum absolute atomic E-state index is 6.10. The van der Waals surface area contributed by atoms with Gasteiger partial charge >= 0.3 is 0 Å². The van der Waals surface area contributed by atoms with Crippen LogP contribution >= 0.6 is 27.5 Å². The van der Waals surface area contributed by atoms with Gasteiger partial charge in [0.2, 0.25) is 0 Å². The summed E-state index contributed by atoms with van der Waals surface area (Å²) in [6, 6.07) is 7.88. The van der Waals surface area contributed by atoms with E-state index in [4.69, 9.17) is 11.6 Å². The normalized spacial score (nSPS) is 10.4. The molecule has 0 unspecified atom stereocenters. The van der Waals surface area contributed by atoms with E-state index in [9.17, 15) is 0 Å². The Labute approximate surface area is 120 Å². The summed E-state index contributed by atoms with van der Waals surface area (Å²) in [5.41, 5.74) is 1.81. The summed E-state index contributed by atoms with van der Waals surface area (Å²) < 4.78 is 0.984. The minimum absolute atomic E-state index is 0.497. The van der Waals surface area contributed by atoms with Gasteiger partial charge in [0.25, 0.3) is 0 Å². The fourth-order valence-corrected chi connectivity index (χ4v) is 2.07. The molecule has 1 aromatic heterocycles. The molecule has 0 aliphatic heterocycles. The summed E-state index contributed by atoms with van der Waals surface area (Å²) in [4.78, 5) is 8.68. The van der Waals surface area contributed by atoms with E-state index in [2.05, 4.69) is 31.2 Å². The number of aryl methyl sites for hydroxylation is 1. The molecule has 3 nitrogen and oxygen atoms in total. The van der Waals surface area contributed by atoms with Crippen molar-refractivity contribution in [3.05, 3.63) is 45.3 Å². The highest BCUT2D eigenvalue weighted by atomic mass is 79.9. The molecule has 2 rings (SSSR count). The molecule has 0 saturated heterocycles. The van der Waals surface area contributed by atoms with Crippen molar-refractivity contribution < 1.29 is 0 Å². The lowest BCUT2D eigenvalue weighted by atomic mass is 10.3. The Morgan fingerprint density at radius 2 is 2.00 bits per heavy atom. The zero-order valence-electron chi connectivity index (χ0n) is 10.2. The zero-order valence-corrected chi connectivity index (χ0v) is 12.5. The largest absolute Gasteiger partial charge is 0.339 e. The van der Waals surface area contributed by atoms with E-state index < -0.39 is 0 Å². The lowest BCUT2D eigenvalue weighted by Crippen LogP contribution is -2.03. The Bertz CT molecular complexity index is 572. The van der Waals surface area contributed by atoms with Crippen molar-refractivity contribution in [1.29, 1.82) is 0 Å². The van der Waals surface area contributed by atoms with Crippen LogP contribution in [0.4, 0.5) is 11.5 Å². The van der Waals surface area contributed by atoms with Crippen LogP contribution < -0.4 is 5.32 Å². The molecule has 0 amide bonds. The van der Waals surface area contributed by atoms with Gasteiger partial charge in [0.1, 0.15) is 16.8 Å². The predicted octanol–water partition coefficient (Wildman–Crippen LogP) is 4.51. The first-order valence-electron chi connectivity index (χ1n) is 5.66. The van der Waals surface area contributed by atoms with Crippen LogP contribution in [0.25, 0.3) is 0 Å². The molecule has 18 heavy (non-hydrogen) atoms. The molecular weight excluding hydrogens is 314 g/mol. The van der Waals surface area contributed by atoms with Gasteiger partial charge in [-0.05, 0) is 35.0 Å². The standard InChI is InChI=1S/C13H13BrClN3/c1-3-11-17-12(15)8(2)13(18-11)16-10-7-5-4-6-9(10)14/h4-7H,3H2,1-2H3,(H,16,17,18). The van der Waals surface area contributed by atoms with E-state index in [1.54, 1.807) is 0 Å². The smallest absolute Gasteiger partial charge is 0.138 e. The lowest BCUT2D eigenvalue weighted by Gasteiger charge is -2.12. The first kappa shape index (κ1) is 13.3. The molecule has 0 spiro atoms. The highest BCUT2D eigenvalue weighted by Crippen LogP contribution is 2.28. The van der Waals surface area contributed by atoms with Crippen LogP contribution in [0.3, 0.4) is 0 Å². The van der Waals surface area contributed by atoms with Crippen LogP contribution in [0, 0.1) is 6.92 Å². The molecule has 0 fully saturated rings. The number of hydrogen-bond acceptors (Lipinski definition) is 3. The van der Waals surface area contributed by atoms with Crippen molar-refractivity contribution >= 4 is 39.0 Å². The quantitative estimate of drug-likeness (QED) is 0.843. The molecule has 94 valence electrons. The molecule has 1 aromatic carbocycles. The number of halogens is 2. The first-order chi connectivity index (χ1) is 8.61. The Hall–Kier alpha value is -1.13. The molecule has 1 N–H and O–H groups in total. The van der Waals surface area contributed by atoms with E-state index in [-0.39, 0.29) is 0 Å². The average Bonchev–Trinajstić information content (AvgIpc) is 2.37. The SMILES string of the molecule is CCc1nc(Cl)c(C)c(Nc2ccccc2Br)n1. The highest BCUT2D eigenvalue weighted by molar-refractivity contribution is 9.10. The summed E-state index contributed by atoms with van der Waals surface area (Å²) in [5.74, 6) is 1.49. The molecule has 0 bridgehead atoms. The number of benzene rings is 1. The third kappa shape index (κ3) is 2.82. The second-order valence-electron chi connectivity index (χ2n) is 3.86. The zero-order chi connectivity index (χ0) is 13.1. The van der Waals surface area contributed by atoms with Gasteiger partial charge in [0.15, 0.2) is 0 Å². The van der Waals surface area contributed by atoms with Gasteiger partial charge in [-0.3, -0.25) is 0 Å². The topological polar surface area (TPSA) is 37.8 Å². The van der Waals surface area contributed by atoms with Crippen molar-refractivity contribution in [3.63, 3.8) is 0 Å². The third-order valence-electron chi connectivity index (χ3n) is 2.58. The van der Waals surface area contributed by atoms with E-state index in [0.717, 1.165) is 33.8 Å². The van der Waals surface area contributed by atoms with Gasteiger partial charge in [-0.2, -0.15) is 0 Å². The fourth-order valence-electron chi connectivity index (χ4n) is 1.50. The van der Waals surface area contributed by atoms with Crippen LogP contribution in [-0.4, -0.2) is 9.97 Å². The van der Waals surface area contributed by atoms with Crippen LogP contribution in [0.1, 0.15) is 18.3 Å². The minimum atomic E-state index is 0.497. The number of rotatable bonds is 3. The second-order valence-corrected chi connectivity index (χ2v) is 5.08. The molecule has 1 heterocycles.